The number of benzene rings is 2. The summed E-state index contributed by atoms with van der Waals surface area (Å²) in [7, 11) is 1.58. The molecule has 0 radical (unpaired) electrons. The molecular formula is C21H17N5O3. The molecule has 0 aliphatic carbocycles. The Morgan fingerprint density at radius 2 is 2.07 bits per heavy atom. The molecule has 3 aromatic rings. The van der Waals surface area contributed by atoms with Crippen LogP contribution in [0.1, 0.15) is 5.56 Å². The number of anilines is 2. The van der Waals surface area contributed by atoms with Crippen molar-refractivity contribution in [1.29, 1.82) is 5.26 Å². The molecule has 0 spiro atoms. The summed E-state index contributed by atoms with van der Waals surface area (Å²) >= 11 is 0. The predicted octanol–water partition coefficient (Wildman–Crippen LogP) is 1.29. The molecule has 8 nitrogen and oxygen atoms in total. The fraction of sp³-hybridized carbons (Fsp3) is 0.0952. The second-order valence-electron chi connectivity index (χ2n) is 6.28. The molecule has 1 aliphatic rings. The first kappa shape index (κ1) is 18.1. The van der Waals surface area contributed by atoms with E-state index < -0.39 is 12.1 Å². The number of nitrogens with two attached hydrogens (primary N) is 1. The van der Waals surface area contributed by atoms with Gasteiger partial charge in [0.05, 0.1) is 30.2 Å². The van der Waals surface area contributed by atoms with E-state index in [0.717, 1.165) is 0 Å². The maximum absolute atomic E-state index is 13.1. The fourth-order valence-electron chi connectivity index (χ4n) is 3.10. The molecule has 0 fully saturated rings. The van der Waals surface area contributed by atoms with Gasteiger partial charge in [-0.1, -0.05) is 6.07 Å². The van der Waals surface area contributed by atoms with Gasteiger partial charge in [0.1, 0.15) is 11.6 Å². The van der Waals surface area contributed by atoms with Crippen molar-refractivity contribution in [3.63, 3.8) is 0 Å². The normalized spacial score (nSPS) is 15.1. The van der Waals surface area contributed by atoms with Crippen molar-refractivity contribution >= 4 is 23.1 Å². The van der Waals surface area contributed by atoms with Crippen molar-refractivity contribution in [2.24, 2.45) is 10.7 Å². The van der Waals surface area contributed by atoms with Crippen LogP contribution in [-0.2, 0) is 4.79 Å². The van der Waals surface area contributed by atoms with E-state index in [4.69, 9.17) is 20.1 Å². The number of furan rings is 1. The summed E-state index contributed by atoms with van der Waals surface area (Å²) < 4.78 is 10.6. The lowest BCUT2D eigenvalue weighted by molar-refractivity contribution is -0.117. The number of carbonyl (C=O) groups is 1. The number of rotatable bonds is 4. The minimum absolute atomic E-state index is 0.290. The van der Waals surface area contributed by atoms with Crippen molar-refractivity contribution in [3.05, 3.63) is 77.2 Å². The van der Waals surface area contributed by atoms with Crippen LogP contribution in [0.2, 0.25) is 0 Å². The number of hydrogen-bond acceptors (Lipinski definition) is 7. The van der Waals surface area contributed by atoms with Crippen LogP contribution in [0.4, 0.5) is 11.4 Å². The highest BCUT2D eigenvalue weighted by Gasteiger charge is 2.31. The Morgan fingerprint density at radius 1 is 1.28 bits per heavy atom. The maximum atomic E-state index is 13.1. The lowest BCUT2D eigenvalue weighted by atomic mass is 10.2. The van der Waals surface area contributed by atoms with E-state index in [9.17, 15) is 4.79 Å². The van der Waals surface area contributed by atoms with Gasteiger partial charge in [0.25, 0.3) is 5.91 Å². The largest absolute Gasteiger partial charge is 0.497 e. The van der Waals surface area contributed by atoms with Crippen LogP contribution in [0.15, 0.2) is 70.3 Å². The second-order valence-corrected chi connectivity index (χ2v) is 6.28. The van der Waals surface area contributed by atoms with Gasteiger partial charge >= 0.3 is 0 Å². The first-order valence-corrected chi connectivity index (χ1v) is 8.76. The molecule has 3 N–H and O–H groups in total. The zero-order valence-electron chi connectivity index (χ0n) is 15.5. The molecule has 8 heteroatoms. The van der Waals surface area contributed by atoms with E-state index in [-0.39, 0.29) is 5.55 Å². The zero-order valence-corrected chi connectivity index (χ0v) is 15.5. The second kappa shape index (κ2) is 7.40. The summed E-state index contributed by atoms with van der Waals surface area (Å²) in [6, 6.07) is 17.5. The van der Waals surface area contributed by atoms with Crippen LogP contribution >= 0.6 is 0 Å². The number of nitrogens with one attached hydrogen (secondary N) is 1. The lowest BCUT2D eigenvalue weighted by Crippen LogP contribution is -2.52. The van der Waals surface area contributed by atoms with Crippen molar-refractivity contribution < 1.29 is 13.9 Å². The monoisotopic (exact) mass is 387 g/mol. The molecule has 1 unspecified atom stereocenters. The van der Waals surface area contributed by atoms with E-state index in [1.807, 2.05) is 6.07 Å². The highest BCUT2D eigenvalue weighted by molar-refractivity contribution is 5.99. The molecule has 1 aliphatic heterocycles. The highest BCUT2D eigenvalue weighted by atomic mass is 16.5. The van der Waals surface area contributed by atoms with Gasteiger partial charge in [-0.05, 0) is 48.5 Å². The molecule has 1 amide bonds. The summed E-state index contributed by atoms with van der Waals surface area (Å²) in [5.41, 5.74) is 8.26. The van der Waals surface area contributed by atoms with Crippen LogP contribution in [-0.4, -0.2) is 19.2 Å². The Morgan fingerprint density at radius 3 is 2.79 bits per heavy atom. The molecule has 2 aromatic carbocycles. The van der Waals surface area contributed by atoms with Gasteiger partial charge in [0.2, 0.25) is 11.7 Å². The number of amides is 1. The molecule has 2 heterocycles. The maximum Gasteiger partial charge on any atom is 0.270 e. The van der Waals surface area contributed by atoms with E-state index >= 15 is 0 Å². The number of nitrogens with zero attached hydrogens (tertiary/aromatic N) is 3. The Balaban J connectivity index is 1.74. The van der Waals surface area contributed by atoms with E-state index in [2.05, 4.69) is 10.3 Å². The highest BCUT2D eigenvalue weighted by Crippen LogP contribution is 2.25. The minimum Gasteiger partial charge on any atom is -0.497 e. The average Bonchev–Trinajstić information content (AvgIpc) is 3.23. The van der Waals surface area contributed by atoms with Gasteiger partial charge in [-0.2, -0.15) is 5.26 Å². The summed E-state index contributed by atoms with van der Waals surface area (Å²) in [4.78, 5) is 19.2. The lowest BCUT2D eigenvalue weighted by Gasteiger charge is -2.31. The Bertz CT molecular complexity index is 1220. The van der Waals surface area contributed by atoms with Crippen LogP contribution in [0.25, 0.3) is 5.82 Å². The molecule has 0 saturated carbocycles. The van der Waals surface area contributed by atoms with Gasteiger partial charge in [0.15, 0.2) is 0 Å². The molecule has 0 bridgehead atoms. The van der Waals surface area contributed by atoms with Crippen molar-refractivity contribution in [2.45, 2.75) is 6.17 Å². The number of nitriles is 1. The quantitative estimate of drug-likeness (QED) is 0.697. The van der Waals surface area contributed by atoms with Gasteiger partial charge in [-0.25, -0.2) is 4.99 Å². The molecule has 1 atom stereocenters. The van der Waals surface area contributed by atoms with E-state index in [0.29, 0.717) is 33.7 Å². The van der Waals surface area contributed by atoms with E-state index in [1.54, 1.807) is 66.6 Å². The van der Waals surface area contributed by atoms with E-state index in [1.165, 1.54) is 6.26 Å². The van der Waals surface area contributed by atoms with Crippen LogP contribution < -0.4 is 31.5 Å². The standard InChI is InChI=1S/C21H17N5O3/c1-28-16-7-5-15(6-8-16)26-18(23)17-9-10-29-21(17)25-19(26)20(27)24-14-4-2-3-13(11-14)12-22/h2-11,19H,23H2,1H3,(H,24,27). The van der Waals surface area contributed by atoms with Crippen molar-refractivity contribution in [1.82, 2.24) is 0 Å². The summed E-state index contributed by atoms with van der Waals surface area (Å²) in [6.45, 7) is 0. The van der Waals surface area contributed by atoms with Gasteiger partial charge < -0.3 is 20.2 Å². The number of methoxy groups -OCH3 is 1. The molecule has 1 aromatic heterocycles. The predicted molar refractivity (Wildman–Crippen MR) is 106 cm³/mol. The van der Waals surface area contributed by atoms with Crippen molar-refractivity contribution in [2.75, 3.05) is 17.3 Å². The third kappa shape index (κ3) is 3.37. The minimum atomic E-state index is -0.993. The molecular weight excluding hydrogens is 370 g/mol. The van der Waals surface area contributed by atoms with Crippen LogP contribution in [0.5, 0.6) is 5.75 Å². The first-order chi connectivity index (χ1) is 14.1. The topological polar surface area (TPSA) is 117 Å². The Hall–Kier alpha value is -4.25. The number of ether oxygens (including phenoxy) is 1. The smallest absolute Gasteiger partial charge is 0.270 e. The Labute approximate surface area is 166 Å². The van der Waals surface area contributed by atoms with Gasteiger partial charge in [0, 0.05) is 11.4 Å². The average molecular weight is 387 g/mol. The van der Waals surface area contributed by atoms with Crippen molar-refractivity contribution in [3.8, 4) is 11.8 Å². The van der Waals surface area contributed by atoms with Gasteiger partial charge in [-0.3, -0.25) is 9.69 Å². The molecule has 4 rings (SSSR count). The summed E-state index contributed by atoms with van der Waals surface area (Å²) in [6.07, 6.45) is 0.483. The summed E-state index contributed by atoms with van der Waals surface area (Å²) in [5, 5.41) is 12.5. The van der Waals surface area contributed by atoms with Crippen LogP contribution in [0, 0.1) is 11.3 Å². The first-order valence-electron chi connectivity index (χ1n) is 8.76. The Kier molecular flexibility index (Phi) is 4.63. The number of fused-ring (bicyclic) bond motifs is 1. The zero-order chi connectivity index (χ0) is 20.4. The third-order valence-electron chi connectivity index (χ3n) is 4.51. The number of carbonyl (C=O) groups excluding carboxylic acids is 1. The third-order valence-corrected chi connectivity index (χ3v) is 4.51. The fourth-order valence-corrected chi connectivity index (χ4v) is 3.10. The molecule has 144 valence electrons. The summed E-state index contributed by atoms with van der Waals surface area (Å²) in [5.74, 6) is 0.611. The van der Waals surface area contributed by atoms with Crippen LogP contribution in [0.3, 0.4) is 0 Å². The molecule has 0 saturated heterocycles. The van der Waals surface area contributed by atoms with Gasteiger partial charge in [-0.15, -0.1) is 0 Å². The number of hydrogen-bond donors (Lipinski definition) is 2. The molecule has 29 heavy (non-hydrogen) atoms. The SMILES string of the molecule is COc1ccc(N2C(N)=c3ccoc3=NC2C(=O)Nc2cccc(C#N)c2)cc1.